The van der Waals surface area contributed by atoms with E-state index in [0.29, 0.717) is 6.54 Å². The van der Waals surface area contributed by atoms with Crippen molar-refractivity contribution in [2.75, 3.05) is 13.2 Å². The number of benzene rings is 1. The number of nitrogens with one attached hydrogen (secondary N) is 1. The van der Waals surface area contributed by atoms with E-state index in [1.165, 1.54) is 0 Å². The molecule has 1 aromatic carbocycles. The summed E-state index contributed by atoms with van der Waals surface area (Å²) in [6, 6.07) is 9.33. The first-order chi connectivity index (χ1) is 9.22. The Morgan fingerprint density at radius 3 is 2.40 bits per heavy atom. The van der Waals surface area contributed by atoms with Crippen molar-refractivity contribution >= 4 is 22.7 Å². The zero-order valence-corrected chi connectivity index (χ0v) is 12.0. The van der Waals surface area contributed by atoms with Crippen molar-refractivity contribution in [2.45, 2.75) is 17.3 Å². The summed E-state index contributed by atoms with van der Waals surface area (Å²) in [4.78, 5) is 0. The minimum absolute atomic E-state index is 0.214. The normalized spacial score (nSPS) is 14.2. The Bertz CT molecular complexity index is 505. The molecular formula is C11H14F3NO3S2. The molecule has 1 N–H and O–H groups in total. The van der Waals surface area contributed by atoms with Gasteiger partial charge in [-0.15, -0.1) is 0 Å². The highest BCUT2D eigenvalue weighted by Crippen LogP contribution is 2.24. The van der Waals surface area contributed by atoms with Crippen LogP contribution < -0.4 is 5.32 Å². The SMILES string of the molecule is O=S(=O)(OC[C@@H](S)CNCc1ccccc1)C(F)(F)F. The average molecular weight is 329 g/mol. The van der Waals surface area contributed by atoms with Gasteiger partial charge in [-0.1, -0.05) is 30.3 Å². The van der Waals surface area contributed by atoms with Crippen LogP contribution in [0, 0.1) is 0 Å². The fraction of sp³-hybridized carbons (Fsp3) is 0.455. The maximum atomic E-state index is 12.0. The molecule has 0 amide bonds. The van der Waals surface area contributed by atoms with Crippen LogP contribution in [0.15, 0.2) is 30.3 Å². The summed E-state index contributed by atoms with van der Waals surface area (Å²) in [6.45, 7) is 0.0715. The van der Waals surface area contributed by atoms with E-state index < -0.39 is 27.5 Å². The van der Waals surface area contributed by atoms with Gasteiger partial charge in [-0.25, -0.2) is 0 Å². The third kappa shape index (κ3) is 5.70. The zero-order valence-electron chi connectivity index (χ0n) is 10.3. The van der Waals surface area contributed by atoms with Gasteiger partial charge in [0.05, 0.1) is 6.61 Å². The number of hydrogen-bond acceptors (Lipinski definition) is 5. The standard InChI is InChI=1S/C11H14F3NO3S2/c12-11(13,14)20(16,17)18-8-10(19)7-15-6-9-4-2-1-3-5-9/h1-5,10,15,19H,6-8H2/t10-/m0/s1. The van der Waals surface area contributed by atoms with Crippen LogP contribution in [-0.2, 0) is 20.8 Å². The minimum atomic E-state index is -5.55. The molecule has 0 saturated carbocycles. The van der Waals surface area contributed by atoms with Crippen molar-refractivity contribution in [3.05, 3.63) is 35.9 Å². The summed E-state index contributed by atoms with van der Waals surface area (Å²) >= 11 is 3.96. The predicted octanol–water partition coefficient (Wildman–Crippen LogP) is 1.94. The Morgan fingerprint density at radius 2 is 1.85 bits per heavy atom. The Hall–Kier alpha value is -0.770. The van der Waals surface area contributed by atoms with Gasteiger partial charge < -0.3 is 5.32 Å². The predicted molar refractivity (Wildman–Crippen MR) is 71.8 cm³/mol. The summed E-state index contributed by atoms with van der Waals surface area (Å²) in [5.41, 5.74) is -4.41. The fourth-order valence-electron chi connectivity index (χ4n) is 1.27. The molecule has 0 aliphatic rings. The summed E-state index contributed by atoms with van der Waals surface area (Å²) in [5.74, 6) is 0. The molecular weight excluding hydrogens is 315 g/mol. The van der Waals surface area contributed by atoms with Crippen LogP contribution in [0.3, 0.4) is 0 Å². The van der Waals surface area contributed by atoms with Crippen molar-refractivity contribution in [1.29, 1.82) is 0 Å². The van der Waals surface area contributed by atoms with E-state index in [4.69, 9.17) is 0 Å². The summed E-state index contributed by atoms with van der Waals surface area (Å²) in [6.07, 6.45) is 0. The van der Waals surface area contributed by atoms with Crippen LogP contribution in [0.2, 0.25) is 0 Å². The Labute approximate surface area is 120 Å². The quantitative estimate of drug-likeness (QED) is 0.456. The molecule has 0 aliphatic carbocycles. The highest BCUT2D eigenvalue weighted by atomic mass is 32.2. The lowest BCUT2D eigenvalue weighted by Crippen LogP contribution is -2.31. The van der Waals surface area contributed by atoms with E-state index in [9.17, 15) is 21.6 Å². The number of hydrogen-bond donors (Lipinski definition) is 2. The summed E-state index contributed by atoms with van der Waals surface area (Å²) in [7, 11) is -5.55. The summed E-state index contributed by atoms with van der Waals surface area (Å²) in [5, 5.41) is 2.27. The van der Waals surface area contributed by atoms with E-state index in [0.717, 1.165) is 5.56 Å². The molecule has 0 spiro atoms. The number of alkyl halides is 3. The van der Waals surface area contributed by atoms with E-state index in [2.05, 4.69) is 22.1 Å². The van der Waals surface area contributed by atoms with Crippen LogP contribution in [0.25, 0.3) is 0 Å². The zero-order chi connectivity index (χ0) is 15.2. The van der Waals surface area contributed by atoms with Crippen molar-refractivity contribution < 1.29 is 25.8 Å². The molecule has 0 aliphatic heterocycles. The van der Waals surface area contributed by atoms with Gasteiger partial charge in [-0.2, -0.15) is 34.2 Å². The third-order valence-electron chi connectivity index (χ3n) is 2.25. The average Bonchev–Trinajstić information content (AvgIpc) is 2.36. The largest absolute Gasteiger partial charge is 0.523 e. The van der Waals surface area contributed by atoms with E-state index in [-0.39, 0.29) is 6.54 Å². The molecule has 0 heterocycles. The van der Waals surface area contributed by atoms with Gasteiger partial charge in [0.25, 0.3) is 0 Å². The van der Waals surface area contributed by atoms with Crippen molar-refractivity contribution in [1.82, 2.24) is 5.32 Å². The molecule has 9 heteroatoms. The van der Waals surface area contributed by atoms with Gasteiger partial charge in [-0.3, -0.25) is 4.18 Å². The van der Waals surface area contributed by atoms with Gasteiger partial charge >= 0.3 is 15.6 Å². The Kier molecular flexibility index (Phi) is 6.31. The molecule has 0 saturated heterocycles. The molecule has 0 aromatic heterocycles. The highest BCUT2D eigenvalue weighted by Gasteiger charge is 2.47. The monoisotopic (exact) mass is 329 g/mol. The van der Waals surface area contributed by atoms with Crippen LogP contribution in [0.4, 0.5) is 13.2 Å². The minimum Gasteiger partial charge on any atom is -0.311 e. The second-order valence-corrected chi connectivity index (χ2v) is 6.29. The van der Waals surface area contributed by atoms with Crippen molar-refractivity contribution in [3.8, 4) is 0 Å². The van der Waals surface area contributed by atoms with Crippen LogP contribution >= 0.6 is 12.6 Å². The summed E-state index contributed by atoms with van der Waals surface area (Å²) < 4.78 is 61.2. The van der Waals surface area contributed by atoms with Gasteiger partial charge in [0.2, 0.25) is 0 Å². The number of thiol groups is 1. The molecule has 0 unspecified atom stereocenters. The second kappa shape index (κ2) is 7.30. The van der Waals surface area contributed by atoms with Gasteiger partial charge in [0.15, 0.2) is 0 Å². The second-order valence-electron chi connectivity index (χ2n) is 3.95. The topological polar surface area (TPSA) is 55.4 Å². The van der Waals surface area contributed by atoms with Gasteiger partial charge in [0, 0.05) is 18.3 Å². The molecule has 1 atom stereocenters. The fourth-order valence-corrected chi connectivity index (χ4v) is 2.05. The highest BCUT2D eigenvalue weighted by molar-refractivity contribution is 7.87. The Morgan fingerprint density at radius 1 is 1.25 bits per heavy atom. The van der Waals surface area contributed by atoms with E-state index in [1.807, 2.05) is 30.3 Å². The maximum Gasteiger partial charge on any atom is 0.523 e. The molecule has 1 rings (SSSR count). The Balaban J connectivity index is 2.29. The van der Waals surface area contributed by atoms with Crippen LogP contribution in [-0.4, -0.2) is 32.3 Å². The molecule has 114 valence electrons. The molecule has 4 nitrogen and oxygen atoms in total. The van der Waals surface area contributed by atoms with E-state index >= 15 is 0 Å². The van der Waals surface area contributed by atoms with Crippen LogP contribution in [0.5, 0.6) is 0 Å². The molecule has 0 bridgehead atoms. The number of halogens is 3. The third-order valence-corrected chi connectivity index (χ3v) is 3.60. The molecule has 1 aromatic rings. The first-order valence-electron chi connectivity index (χ1n) is 5.61. The first kappa shape index (κ1) is 17.3. The van der Waals surface area contributed by atoms with E-state index in [1.54, 1.807) is 0 Å². The molecule has 0 radical (unpaired) electrons. The lowest BCUT2D eigenvalue weighted by atomic mass is 10.2. The van der Waals surface area contributed by atoms with Crippen LogP contribution in [0.1, 0.15) is 5.56 Å². The molecule has 0 fully saturated rings. The van der Waals surface area contributed by atoms with Gasteiger partial charge in [0.1, 0.15) is 0 Å². The van der Waals surface area contributed by atoms with Crippen molar-refractivity contribution in [2.24, 2.45) is 0 Å². The smallest absolute Gasteiger partial charge is 0.311 e. The maximum absolute atomic E-state index is 12.0. The van der Waals surface area contributed by atoms with Crippen molar-refractivity contribution in [3.63, 3.8) is 0 Å². The van der Waals surface area contributed by atoms with Gasteiger partial charge in [-0.05, 0) is 5.56 Å². The lowest BCUT2D eigenvalue weighted by Gasteiger charge is -2.13. The first-order valence-corrected chi connectivity index (χ1v) is 7.53. The molecule has 20 heavy (non-hydrogen) atoms. The lowest BCUT2D eigenvalue weighted by molar-refractivity contribution is -0.0541. The number of rotatable bonds is 7.